The van der Waals surface area contributed by atoms with Gasteiger partial charge in [0.25, 0.3) is 0 Å². The van der Waals surface area contributed by atoms with Crippen LogP contribution in [0.25, 0.3) is 0 Å². The fraction of sp³-hybridized carbons (Fsp3) is 0.357. The van der Waals surface area contributed by atoms with Crippen molar-refractivity contribution in [2.75, 3.05) is 32.3 Å². The van der Waals surface area contributed by atoms with Crippen LogP contribution in [0, 0.1) is 10.7 Å². The summed E-state index contributed by atoms with van der Waals surface area (Å²) in [5.74, 6) is -1.30. The number of benzene rings is 1. The maximum atomic E-state index is 12.3. The molecule has 2 rings (SSSR count). The van der Waals surface area contributed by atoms with E-state index < -0.39 is 24.1 Å². The smallest absolute Gasteiger partial charge is 0.414 e. The van der Waals surface area contributed by atoms with Crippen LogP contribution in [-0.2, 0) is 14.2 Å². The first kappa shape index (κ1) is 20.9. The number of ether oxygens (including phenoxy) is 3. The summed E-state index contributed by atoms with van der Waals surface area (Å²) in [6.45, 7) is -0.320. The van der Waals surface area contributed by atoms with Crippen molar-refractivity contribution in [2.24, 2.45) is 0 Å². The third-order valence-corrected chi connectivity index (χ3v) is 6.66. The molecule has 0 aliphatic carbocycles. The van der Waals surface area contributed by atoms with Gasteiger partial charge in [0.05, 0.1) is 50.8 Å². The van der Waals surface area contributed by atoms with Gasteiger partial charge in [0.2, 0.25) is 0 Å². The normalized spacial score (nSPS) is 16.6. The minimum atomic E-state index is -0.664. The maximum absolute atomic E-state index is 12.3. The minimum absolute atomic E-state index is 0.00853. The summed E-state index contributed by atoms with van der Waals surface area (Å²) < 4.78 is 15.8. The lowest BCUT2D eigenvalue weighted by atomic mass is 10.1. The van der Waals surface area contributed by atoms with Crippen LogP contribution < -0.4 is 4.90 Å². The molecule has 1 amide bonds. The second-order valence-electron chi connectivity index (χ2n) is 4.81. The first-order valence-corrected chi connectivity index (χ1v) is 9.97. The zero-order valence-corrected chi connectivity index (χ0v) is 19.4. The molecule has 1 aromatic rings. The molecule has 1 atom stereocenters. The number of methoxy groups -OCH3 is 2. The molecule has 1 fully saturated rings. The van der Waals surface area contributed by atoms with Gasteiger partial charge in [-0.1, -0.05) is 0 Å². The molecule has 1 saturated heterocycles. The Hall–Kier alpha value is -0.420. The highest BCUT2D eigenvalue weighted by Gasteiger charge is 2.40. The number of hydrogen-bond acceptors (Lipinski definition) is 7. The second-order valence-corrected chi connectivity index (χ2v) is 8.04. The summed E-state index contributed by atoms with van der Waals surface area (Å²) in [6.07, 6.45) is -0.664. The minimum Gasteiger partial charge on any atom is -0.465 e. The number of hydrogen-bond donors (Lipinski definition) is 1. The summed E-state index contributed by atoms with van der Waals surface area (Å²) >= 11 is 5.70. The Labute approximate surface area is 184 Å². The highest BCUT2D eigenvalue weighted by molar-refractivity contribution is 14.1. The number of amides is 1. The van der Waals surface area contributed by atoms with E-state index in [0.29, 0.717) is 16.4 Å². The van der Waals surface area contributed by atoms with E-state index in [4.69, 9.17) is 14.2 Å². The third-order valence-electron chi connectivity index (χ3n) is 3.49. The van der Waals surface area contributed by atoms with Crippen LogP contribution in [0.2, 0.25) is 0 Å². The van der Waals surface area contributed by atoms with Crippen molar-refractivity contribution < 1.29 is 33.7 Å². The molecule has 0 spiro atoms. The number of nitrogens with zero attached hydrogens (tertiary/aromatic N) is 1. The molecule has 1 aliphatic heterocycles. The van der Waals surface area contributed by atoms with Gasteiger partial charge in [0.15, 0.2) is 0 Å². The van der Waals surface area contributed by atoms with E-state index in [1.165, 1.54) is 19.1 Å². The van der Waals surface area contributed by atoms with Crippen LogP contribution in [0.3, 0.4) is 0 Å². The molecule has 0 saturated carbocycles. The van der Waals surface area contributed by atoms with E-state index in [1.807, 2.05) is 67.8 Å². The Balaban J connectivity index is 2.85. The molecule has 0 radical (unpaired) electrons. The molecule has 1 unspecified atom stereocenters. The highest BCUT2D eigenvalue weighted by atomic mass is 127. The van der Waals surface area contributed by atoms with Crippen LogP contribution in [0.1, 0.15) is 20.7 Å². The van der Waals surface area contributed by atoms with Gasteiger partial charge in [0.1, 0.15) is 6.61 Å². The Kier molecular flexibility index (Phi) is 7.11. The molecule has 1 aliphatic rings. The predicted molar refractivity (Wildman–Crippen MR) is 112 cm³/mol. The number of anilines is 1. The van der Waals surface area contributed by atoms with E-state index in [1.54, 1.807) is 0 Å². The fourth-order valence-electron chi connectivity index (χ4n) is 2.29. The van der Waals surface area contributed by atoms with Gasteiger partial charge in [0, 0.05) is 3.57 Å². The van der Waals surface area contributed by atoms with Gasteiger partial charge in [-0.25, -0.2) is 14.4 Å². The largest absolute Gasteiger partial charge is 0.465 e. The molecular formula is C14H12I3NO7. The molecule has 8 nitrogen and oxygen atoms in total. The SMILES string of the molecule is COC(=O)c1c(I)c(C(=O)OC)c(I)c(N2C(=O)OCC2CO)c1I. The number of carbonyl (C=O) groups is 3. The number of aliphatic hydroxyl groups is 1. The summed E-state index contributed by atoms with van der Waals surface area (Å²) in [4.78, 5) is 38.0. The van der Waals surface area contributed by atoms with Crippen molar-refractivity contribution in [2.45, 2.75) is 6.04 Å². The van der Waals surface area contributed by atoms with Crippen LogP contribution in [0.5, 0.6) is 0 Å². The number of halogens is 3. The summed E-state index contributed by atoms with van der Waals surface area (Å²) in [6, 6.07) is -0.620. The van der Waals surface area contributed by atoms with Crippen LogP contribution in [0.4, 0.5) is 10.5 Å². The van der Waals surface area contributed by atoms with Crippen molar-refractivity contribution in [3.05, 3.63) is 21.8 Å². The van der Waals surface area contributed by atoms with Crippen molar-refractivity contribution in [3.8, 4) is 0 Å². The van der Waals surface area contributed by atoms with Gasteiger partial charge < -0.3 is 19.3 Å². The topological polar surface area (TPSA) is 102 Å². The monoisotopic (exact) mass is 687 g/mol. The molecule has 25 heavy (non-hydrogen) atoms. The molecule has 136 valence electrons. The zero-order valence-electron chi connectivity index (χ0n) is 13.0. The van der Waals surface area contributed by atoms with Gasteiger partial charge in [-0.2, -0.15) is 0 Å². The molecule has 1 N–H and O–H groups in total. The van der Waals surface area contributed by atoms with Crippen LogP contribution in [-0.4, -0.2) is 56.6 Å². The predicted octanol–water partition coefficient (Wildman–Crippen LogP) is 2.39. The van der Waals surface area contributed by atoms with E-state index in [9.17, 15) is 19.5 Å². The summed E-state index contributed by atoms with van der Waals surface area (Å²) in [5.41, 5.74) is 0.607. The molecule has 1 aromatic carbocycles. The standard InChI is InChI=1S/C14H12I3NO7/c1-23-12(20)6-8(15)7(13(21)24-2)10(17)11(9(6)16)18-5(3-19)4-25-14(18)22/h5,19H,3-4H2,1-2H3. The van der Waals surface area contributed by atoms with Gasteiger partial charge in [-0.05, 0) is 67.8 Å². The average molecular weight is 687 g/mol. The first-order chi connectivity index (χ1) is 11.8. The summed E-state index contributed by atoms with van der Waals surface area (Å²) in [5, 5.41) is 9.54. The average Bonchev–Trinajstić information content (AvgIpc) is 2.95. The van der Waals surface area contributed by atoms with Crippen molar-refractivity contribution >= 4 is 91.5 Å². The summed E-state index contributed by atoms with van der Waals surface area (Å²) in [7, 11) is 2.45. The molecule has 11 heteroatoms. The number of cyclic esters (lactones) is 1. The van der Waals surface area contributed by atoms with Gasteiger partial charge in [-0.15, -0.1) is 0 Å². The Morgan fingerprint density at radius 1 is 1.12 bits per heavy atom. The molecule has 0 bridgehead atoms. The number of carbonyl (C=O) groups excluding carboxylic acids is 3. The molecular weight excluding hydrogens is 675 g/mol. The number of aliphatic hydroxyl groups excluding tert-OH is 1. The Morgan fingerprint density at radius 2 is 1.60 bits per heavy atom. The Bertz CT molecular complexity index is 709. The van der Waals surface area contributed by atoms with E-state index in [-0.39, 0.29) is 24.3 Å². The van der Waals surface area contributed by atoms with Crippen molar-refractivity contribution in [3.63, 3.8) is 0 Å². The third kappa shape index (κ3) is 3.69. The van der Waals surface area contributed by atoms with Crippen LogP contribution in [0.15, 0.2) is 0 Å². The lowest BCUT2D eigenvalue weighted by Crippen LogP contribution is -2.38. The lowest BCUT2D eigenvalue weighted by Gasteiger charge is -2.25. The van der Waals surface area contributed by atoms with E-state index in [0.717, 1.165) is 0 Å². The van der Waals surface area contributed by atoms with Gasteiger partial charge in [-0.3, -0.25) is 4.90 Å². The number of rotatable bonds is 4. The lowest BCUT2D eigenvalue weighted by molar-refractivity contribution is 0.0595. The fourth-order valence-corrected chi connectivity index (χ4v) is 6.86. The van der Waals surface area contributed by atoms with Gasteiger partial charge >= 0.3 is 18.0 Å². The van der Waals surface area contributed by atoms with Crippen molar-refractivity contribution in [1.29, 1.82) is 0 Å². The highest BCUT2D eigenvalue weighted by Crippen LogP contribution is 2.40. The van der Waals surface area contributed by atoms with E-state index >= 15 is 0 Å². The first-order valence-electron chi connectivity index (χ1n) is 6.74. The van der Waals surface area contributed by atoms with E-state index in [2.05, 4.69) is 0 Å². The second kappa shape index (κ2) is 8.51. The quantitative estimate of drug-likeness (QED) is 0.295. The maximum Gasteiger partial charge on any atom is 0.414 e. The number of esters is 2. The van der Waals surface area contributed by atoms with Crippen molar-refractivity contribution in [1.82, 2.24) is 0 Å². The zero-order chi connectivity index (χ0) is 18.9. The molecule has 0 aromatic heterocycles. The Morgan fingerprint density at radius 3 is 2.00 bits per heavy atom. The molecule has 1 heterocycles. The van der Waals surface area contributed by atoms with Crippen LogP contribution >= 0.6 is 67.8 Å².